The van der Waals surface area contributed by atoms with E-state index in [1.807, 2.05) is 36.4 Å². The molecule has 0 bridgehead atoms. The normalized spacial score (nSPS) is 11.4. The summed E-state index contributed by atoms with van der Waals surface area (Å²) < 4.78 is 1.23. The molecule has 0 fully saturated rings. The number of anilines is 2. The standard InChI is InChI=1S/C22H23N5O3/c1-17(21(29)25(2)18-9-5-3-6-10-18)27(19-11-7-4-8-12-19)20(28)15-24-22(30)26-14-13-23-16-26/h3-14,16-17H,15H2,1-2H3,(H,24,30). The zero-order valence-corrected chi connectivity index (χ0v) is 16.8. The van der Waals surface area contributed by atoms with Crippen molar-refractivity contribution >= 4 is 29.2 Å². The van der Waals surface area contributed by atoms with E-state index in [-0.39, 0.29) is 12.5 Å². The first-order valence-electron chi connectivity index (χ1n) is 9.45. The summed E-state index contributed by atoms with van der Waals surface area (Å²) in [6, 6.07) is 16.9. The van der Waals surface area contributed by atoms with Crippen LogP contribution in [-0.2, 0) is 9.59 Å². The lowest BCUT2D eigenvalue weighted by atomic mass is 10.1. The Morgan fingerprint density at radius 3 is 2.17 bits per heavy atom. The molecule has 3 aromatic rings. The highest BCUT2D eigenvalue weighted by Crippen LogP contribution is 2.20. The summed E-state index contributed by atoms with van der Waals surface area (Å²) in [6.07, 6.45) is 4.29. The van der Waals surface area contributed by atoms with E-state index in [0.29, 0.717) is 5.69 Å². The number of carbonyl (C=O) groups is 3. The number of para-hydroxylation sites is 2. The molecular formula is C22H23N5O3. The van der Waals surface area contributed by atoms with Crippen LogP contribution >= 0.6 is 0 Å². The molecule has 0 saturated carbocycles. The van der Waals surface area contributed by atoms with Gasteiger partial charge in [0.05, 0.1) is 6.54 Å². The summed E-state index contributed by atoms with van der Waals surface area (Å²) >= 11 is 0. The lowest BCUT2D eigenvalue weighted by Gasteiger charge is -2.31. The predicted octanol–water partition coefficient (Wildman–Crippen LogP) is 2.53. The van der Waals surface area contributed by atoms with Crippen LogP contribution in [0.1, 0.15) is 6.92 Å². The van der Waals surface area contributed by atoms with Crippen LogP contribution < -0.4 is 15.1 Å². The van der Waals surface area contributed by atoms with Gasteiger partial charge in [-0.15, -0.1) is 0 Å². The summed E-state index contributed by atoms with van der Waals surface area (Å²) in [7, 11) is 1.67. The van der Waals surface area contributed by atoms with Crippen LogP contribution in [-0.4, -0.2) is 47.0 Å². The van der Waals surface area contributed by atoms with Crippen LogP contribution in [0.2, 0.25) is 0 Å². The van der Waals surface area contributed by atoms with E-state index >= 15 is 0 Å². The molecule has 3 rings (SSSR count). The maximum Gasteiger partial charge on any atom is 0.327 e. The number of amides is 3. The Bertz CT molecular complexity index is 990. The van der Waals surface area contributed by atoms with Crippen molar-refractivity contribution in [3.05, 3.63) is 79.4 Å². The van der Waals surface area contributed by atoms with Crippen molar-refractivity contribution in [3.8, 4) is 0 Å². The van der Waals surface area contributed by atoms with Gasteiger partial charge >= 0.3 is 6.03 Å². The maximum atomic E-state index is 13.1. The van der Waals surface area contributed by atoms with Gasteiger partial charge in [-0.25, -0.2) is 9.78 Å². The SMILES string of the molecule is CC(C(=O)N(C)c1ccccc1)N(C(=O)CNC(=O)n1ccnc1)c1ccccc1. The Hall–Kier alpha value is -3.94. The third-order valence-electron chi connectivity index (χ3n) is 4.65. The number of rotatable bonds is 6. The molecule has 1 aromatic heterocycles. The minimum Gasteiger partial charge on any atom is -0.328 e. The Labute approximate surface area is 174 Å². The molecule has 30 heavy (non-hydrogen) atoms. The molecule has 3 amide bonds. The lowest BCUT2D eigenvalue weighted by molar-refractivity contribution is -0.123. The molecule has 154 valence electrons. The van der Waals surface area contributed by atoms with Gasteiger partial charge in [-0.2, -0.15) is 0 Å². The molecule has 0 aliphatic heterocycles. The second-order valence-corrected chi connectivity index (χ2v) is 6.64. The first-order chi connectivity index (χ1) is 14.5. The smallest absolute Gasteiger partial charge is 0.327 e. The van der Waals surface area contributed by atoms with Crippen molar-refractivity contribution in [1.29, 1.82) is 0 Å². The first kappa shape index (κ1) is 20.8. The molecular weight excluding hydrogens is 382 g/mol. The number of carbonyl (C=O) groups excluding carboxylic acids is 3. The predicted molar refractivity (Wildman–Crippen MR) is 114 cm³/mol. The largest absolute Gasteiger partial charge is 0.328 e. The maximum absolute atomic E-state index is 13.1. The van der Waals surface area contributed by atoms with Crippen LogP contribution in [0.5, 0.6) is 0 Å². The molecule has 0 spiro atoms. The lowest BCUT2D eigenvalue weighted by Crippen LogP contribution is -2.52. The highest BCUT2D eigenvalue weighted by atomic mass is 16.2. The number of aromatic nitrogens is 2. The van der Waals surface area contributed by atoms with Gasteiger partial charge in [0.15, 0.2) is 0 Å². The van der Waals surface area contributed by atoms with Gasteiger partial charge in [0.2, 0.25) is 11.8 Å². The summed E-state index contributed by atoms with van der Waals surface area (Å²) in [5.74, 6) is -0.656. The molecule has 0 aliphatic carbocycles. The van der Waals surface area contributed by atoms with E-state index in [9.17, 15) is 14.4 Å². The van der Waals surface area contributed by atoms with Crippen molar-refractivity contribution in [3.63, 3.8) is 0 Å². The third-order valence-corrected chi connectivity index (χ3v) is 4.65. The van der Waals surface area contributed by atoms with Crippen LogP contribution in [0.3, 0.4) is 0 Å². The van der Waals surface area contributed by atoms with Crippen LogP contribution in [0.25, 0.3) is 0 Å². The number of benzene rings is 2. The van der Waals surface area contributed by atoms with Crippen LogP contribution in [0.15, 0.2) is 79.4 Å². The summed E-state index contributed by atoms with van der Waals surface area (Å²) in [4.78, 5) is 45.0. The average Bonchev–Trinajstić information content (AvgIpc) is 3.33. The van der Waals surface area contributed by atoms with E-state index < -0.39 is 18.0 Å². The zero-order chi connectivity index (χ0) is 21.5. The summed E-state index contributed by atoms with van der Waals surface area (Å²) in [5, 5.41) is 2.56. The van der Waals surface area contributed by atoms with Gasteiger partial charge in [-0.1, -0.05) is 36.4 Å². The van der Waals surface area contributed by atoms with Gasteiger partial charge in [0.1, 0.15) is 12.4 Å². The molecule has 2 aromatic carbocycles. The Balaban J connectivity index is 1.79. The van der Waals surface area contributed by atoms with Crippen molar-refractivity contribution < 1.29 is 14.4 Å². The molecule has 8 nitrogen and oxygen atoms in total. The summed E-state index contributed by atoms with van der Waals surface area (Å²) in [5.41, 5.74) is 1.30. The molecule has 0 saturated heterocycles. The van der Waals surface area contributed by atoms with Gasteiger partial charge in [0.25, 0.3) is 0 Å². The quantitative estimate of drug-likeness (QED) is 0.683. The fraction of sp³-hybridized carbons (Fsp3) is 0.182. The van der Waals surface area contributed by atoms with E-state index in [1.54, 1.807) is 38.2 Å². The van der Waals surface area contributed by atoms with Crippen molar-refractivity contribution in [1.82, 2.24) is 14.9 Å². The topological polar surface area (TPSA) is 87.5 Å². The molecule has 8 heteroatoms. The number of nitrogens with one attached hydrogen (secondary N) is 1. The van der Waals surface area contributed by atoms with Gasteiger partial charge in [0, 0.05) is 30.8 Å². The minimum atomic E-state index is -0.782. The molecule has 0 aliphatic rings. The molecule has 0 radical (unpaired) electrons. The molecule has 1 atom stereocenters. The number of imidazole rings is 1. The van der Waals surface area contributed by atoms with E-state index in [2.05, 4.69) is 10.3 Å². The fourth-order valence-corrected chi connectivity index (χ4v) is 3.05. The summed E-state index contributed by atoms with van der Waals surface area (Å²) in [6.45, 7) is 1.41. The van der Waals surface area contributed by atoms with Crippen LogP contribution in [0, 0.1) is 0 Å². The van der Waals surface area contributed by atoms with E-state index in [1.165, 1.54) is 33.1 Å². The average molecular weight is 405 g/mol. The minimum absolute atomic E-state index is 0.251. The van der Waals surface area contributed by atoms with Crippen molar-refractivity contribution in [2.45, 2.75) is 13.0 Å². The second kappa shape index (κ2) is 9.51. The molecule has 1 heterocycles. The number of hydrogen-bond acceptors (Lipinski definition) is 4. The highest BCUT2D eigenvalue weighted by molar-refractivity contribution is 6.06. The van der Waals surface area contributed by atoms with Gasteiger partial charge in [-0.3, -0.25) is 19.1 Å². The molecule has 1 unspecified atom stereocenters. The number of nitrogens with zero attached hydrogens (tertiary/aromatic N) is 4. The second-order valence-electron chi connectivity index (χ2n) is 6.64. The van der Waals surface area contributed by atoms with Crippen molar-refractivity contribution in [2.24, 2.45) is 0 Å². The van der Waals surface area contributed by atoms with Gasteiger partial charge < -0.3 is 10.2 Å². The van der Waals surface area contributed by atoms with E-state index in [4.69, 9.17) is 0 Å². The highest BCUT2D eigenvalue weighted by Gasteiger charge is 2.30. The van der Waals surface area contributed by atoms with Gasteiger partial charge in [-0.05, 0) is 31.2 Å². The monoisotopic (exact) mass is 405 g/mol. The fourth-order valence-electron chi connectivity index (χ4n) is 3.05. The number of hydrogen-bond donors (Lipinski definition) is 1. The van der Waals surface area contributed by atoms with Crippen LogP contribution in [0.4, 0.5) is 16.2 Å². The molecule has 1 N–H and O–H groups in total. The Morgan fingerprint density at radius 2 is 1.60 bits per heavy atom. The number of likely N-dealkylation sites (N-methyl/N-ethyl adjacent to an activating group) is 1. The first-order valence-corrected chi connectivity index (χ1v) is 9.45. The van der Waals surface area contributed by atoms with E-state index in [0.717, 1.165) is 5.69 Å². The third kappa shape index (κ3) is 4.72. The Morgan fingerprint density at radius 1 is 1.00 bits per heavy atom. The Kier molecular flexibility index (Phi) is 6.59. The zero-order valence-electron chi connectivity index (χ0n) is 16.8. The van der Waals surface area contributed by atoms with Crippen molar-refractivity contribution in [2.75, 3.05) is 23.4 Å².